The average molecular weight is 399 g/mol. The zero-order valence-electron chi connectivity index (χ0n) is 16.8. The van der Waals surface area contributed by atoms with Gasteiger partial charge in [-0.15, -0.1) is 0 Å². The van der Waals surface area contributed by atoms with E-state index < -0.39 is 0 Å². The molecule has 0 aliphatic heterocycles. The first kappa shape index (κ1) is 18.3. The van der Waals surface area contributed by atoms with Crippen LogP contribution in [-0.4, -0.2) is 25.4 Å². The van der Waals surface area contributed by atoms with Crippen molar-refractivity contribution in [2.45, 2.75) is 25.7 Å². The highest BCUT2D eigenvalue weighted by Crippen LogP contribution is 2.33. The van der Waals surface area contributed by atoms with Crippen molar-refractivity contribution in [2.24, 2.45) is 7.05 Å². The number of nitrogens with zero attached hydrogens (tertiary/aromatic N) is 3. The van der Waals surface area contributed by atoms with Crippen LogP contribution >= 0.6 is 0 Å². The molecular weight excluding hydrogens is 378 g/mol. The lowest BCUT2D eigenvalue weighted by molar-refractivity contribution is -0.117. The molecule has 4 aromatic heterocycles. The number of nitrogens with one attached hydrogen (secondary N) is 2. The normalized spacial score (nSPS) is 15.3. The molecule has 0 radical (unpaired) electrons. The number of rotatable bonds is 3. The summed E-state index contributed by atoms with van der Waals surface area (Å²) >= 11 is 0. The van der Waals surface area contributed by atoms with Gasteiger partial charge in [0, 0.05) is 36.6 Å². The summed E-state index contributed by atoms with van der Waals surface area (Å²) in [5.74, 6) is 0.131. The van der Waals surface area contributed by atoms with Gasteiger partial charge in [-0.05, 0) is 49.1 Å². The summed E-state index contributed by atoms with van der Waals surface area (Å²) in [5.41, 5.74) is 4.98. The number of aromatic amines is 1. The van der Waals surface area contributed by atoms with Gasteiger partial charge in [0.2, 0.25) is 5.91 Å². The van der Waals surface area contributed by atoms with Gasteiger partial charge in [-0.25, -0.2) is 4.98 Å². The Balaban J connectivity index is 1.51. The monoisotopic (exact) mass is 399 g/mol. The smallest absolute Gasteiger partial charge is 0.274 e. The van der Waals surface area contributed by atoms with Crippen LogP contribution in [0.15, 0.2) is 53.7 Å². The van der Waals surface area contributed by atoms with Gasteiger partial charge in [-0.3, -0.25) is 14.6 Å². The lowest BCUT2D eigenvalue weighted by Gasteiger charge is -2.14. The molecule has 0 saturated carbocycles. The quantitative estimate of drug-likeness (QED) is 0.553. The lowest BCUT2D eigenvalue weighted by atomic mass is 10.0. The molecule has 30 heavy (non-hydrogen) atoms. The van der Waals surface area contributed by atoms with E-state index in [0.29, 0.717) is 11.3 Å². The number of anilines is 1. The van der Waals surface area contributed by atoms with E-state index in [2.05, 4.69) is 15.3 Å². The van der Waals surface area contributed by atoms with Crippen molar-refractivity contribution in [3.63, 3.8) is 0 Å². The zero-order valence-corrected chi connectivity index (χ0v) is 16.8. The topological polar surface area (TPSA) is 92.7 Å². The van der Waals surface area contributed by atoms with E-state index >= 15 is 0 Å². The van der Waals surface area contributed by atoms with Crippen LogP contribution in [0, 0.1) is 6.92 Å². The largest absolute Gasteiger partial charge is 0.357 e. The summed E-state index contributed by atoms with van der Waals surface area (Å²) in [6.07, 6.45) is 6.88. The molecule has 1 aliphatic carbocycles. The number of pyridine rings is 3. The molecule has 1 unspecified atom stereocenters. The van der Waals surface area contributed by atoms with Crippen LogP contribution in [0.2, 0.25) is 0 Å². The standard InChI is InChI=1S/C23H21N5O2/c1-13-5-8-18(27-22(29)16-7-6-14-4-3-10-24-20(14)16)26-19(13)17-12-28(2)23(30)21-15(17)9-11-25-21/h3-5,8-12,16,25H,6-7H2,1-2H3,(H,26,27,29). The van der Waals surface area contributed by atoms with Crippen molar-refractivity contribution in [1.29, 1.82) is 0 Å². The van der Waals surface area contributed by atoms with E-state index in [0.717, 1.165) is 46.3 Å². The Morgan fingerprint density at radius 3 is 3.00 bits per heavy atom. The average Bonchev–Trinajstić information content (AvgIpc) is 3.40. The number of H-pyrrole nitrogens is 1. The molecule has 0 bridgehead atoms. The fraction of sp³-hybridized carbons (Fsp3) is 0.217. The molecule has 0 spiro atoms. The van der Waals surface area contributed by atoms with Gasteiger partial charge in [0.1, 0.15) is 11.3 Å². The summed E-state index contributed by atoms with van der Waals surface area (Å²) in [4.78, 5) is 37.5. The number of fused-ring (bicyclic) bond motifs is 2. The maximum absolute atomic E-state index is 12.9. The molecule has 7 heteroatoms. The second kappa shape index (κ2) is 6.95. The molecule has 150 valence electrons. The highest BCUT2D eigenvalue weighted by atomic mass is 16.2. The molecule has 2 N–H and O–H groups in total. The molecule has 0 aromatic carbocycles. The third kappa shape index (κ3) is 2.90. The van der Waals surface area contributed by atoms with Crippen LogP contribution in [0.1, 0.15) is 29.2 Å². The molecule has 1 amide bonds. The fourth-order valence-corrected chi connectivity index (χ4v) is 4.21. The Bertz CT molecular complexity index is 1350. The number of aryl methyl sites for hydroxylation is 3. The third-order valence-electron chi connectivity index (χ3n) is 5.77. The minimum Gasteiger partial charge on any atom is -0.357 e. The SMILES string of the molecule is Cc1ccc(NC(=O)C2CCc3cccnc32)nc1-c1cn(C)c(=O)c2[nH]ccc12. The van der Waals surface area contributed by atoms with Crippen LogP contribution < -0.4 is 10.9 Å². The van der Waals surface area contributed by atoms with E-state index in [9.17, 15) is 9.59 Å². The maximum atomic E-state index is 12.9. The van der Waals surface area contributed by atoms with Crippen LogP contribution in [0.5, 0.6) is 0 Å². The van der Waals surface area contributed by atoms with Crippen LogP contribution in [-0.2, 0) is 18.3 Å². The Morgan fingerprint density at radius 2 is 2.13 bits per heavy atom. The second-order valence-electron chi connectivity index (χ2n) is 7.72. The fourth-order valence-electron chi connectivity index (χ4n) is 4.21. The molecule has 5 rings (SSSR count). The number of carbonyl (C=O) groups is 1. The van der Waals surface area contributed by atoms with Crippen molar-refractivity contribution < 1.29 is 4.79 Å². The first-order chi connectivity index (χ1) is 14.5. The Labute approximate surface area is 172 Å². The second-order valence-corrected chi connectivity index (χ2v) is 7.72. The van der Waals surface area contributed by atoms with Gasteiger partial charge >= 0.3 is 0 Å². The third-order valence-corrected chi connectivity index (χ3v) is 5.77. The minimum atomic E-state index is -0.262. The van der Waals surface area contributed by atoms with Crippen molar-refractivity contribution in [1.82, 2.24) is 19.5 Å². The molecule has 4 aromatic rings. The molecule has 0 saturated heterocycles. The van der Waals surface area contributed by atoms with Gasteiger partial charge in [0.05, 0.1) is 17.3 Å². The minimum absolute atomic E-state index is 0.0896. The number of aromatic nitrogens is 4. The number of hydrogen-bond donors (Lipinski definition) is 2. The number of amides is 1. The van der Waals surface area contributed by atoms with Crippen LogP contribution in [0.4, 0.5) is 5.82 Å². The summed E-state index contributed by atoms with van der Waals surface area (Å²) in [6, 6.07) is 9.55. The van der Waals surface area contributed by atoms with E-state index in [1.165, 1.54) is 0 Å². The Morgan fingerprint density at radius 1 is 1.27 bits per heavy atom. The van der Waals surface area contributed by atoms with Crippen molar-refractivity contribution >= 4 is 22.6 Å². The van der Waals surface area contributed by atoms with Gasteiger partial charge in [0.15, 0.2) is 0 Å². The molecule has 0 fully saturated rings. The Kier molecular flexibility index (Phi) is 4.24. The van der Waals surface area contributed by atoms with Crippen molar-refractivity contribution in [2.75, 3.05) is 5.32 Å². The van der Waals surface area contributed by atoms with E-state index in [1.54, 1.807) is 36.3 Å². The molecule has 7 nitrogen and oxygen atoms in total. The highest BCUT2D eigenvalue weighted by Gasteiger charge is 2.30. The van der Waals surface area contributed by atoms with E-state index in [1.807, 2.05) is 31.2 Å². The first-order valence-corrected chi connectivity index (χ1v) is 9.92. The van der Waals surface area contributed by atoms with E-state index in [-0.39, 0.29) is 17.4 Å². The summed E-state index contributed by atoms with van der Waals surface area (Å²) in [5, 5.41) is 3.77. The van der Waals surface area contributed by atoms with Gasteiger partial charge in [0.25, 0.3) is 5.56 Å². The summed E-state index contributed by atoms with van der Waals surface area (Å²) in [6.45, 7) is 1.97. The summed E-state index contributed by atoms with van der Waals surface area (Å²) < 4.78 is 1.54. The Hall–Kier alpha value is -3.74. The van der Waals surface area contributed by atoms with Gasteiger partial charge in [-0.2, -0.15) is 0 Å². The highest BCUT2D eigenvalue weighted by molar-refractivity contribution is 5.97. The lowest BCUT2D eigenvalue weighted by Crippen LogP contribution is -2.21. The van der Waals surface area contributed by atoms with Gasteiger partial charge in [-0.1, -0.05) is 12.1 Å². The van der Waals surface area contributed by atoms with Crippen molar-refractivity contribution in [3.05, 3.63) is 76.1 Å². The first-order valence-electron chi connectivity index (χ1n) is 9.92. The van der Waals surface area contributed by atoms with Crippen LogP contribution in [0.25, 0.3) is 22.2 Å². The molecule has 1 aliphatic rings. The maximum Gasteiger partial charge on any atom is 0.274 e. The predicted molar refractivity (Wildman–Crippen MR) is 115 cm³/mol. The molecule has 1 atom stereocenters. The molecule has 4 heterocycles. The van der Waals surface area contributed by atoms with Gasteiger partial charge < -0.3 is 14.9 Å². The predicted octanol–water partition coefficient (Wildman–Crippen LogP) is 3.30. The zero-order chi connectivity index (χ0) is 20.8. The van der Waals surface area contributed by atoms with E-state index in [4.69, 9.17) is 4.98 Å². The summed E-state index contributed by atoms with van der Waals surface area (Å²) in [7, 11) is 1.72. The number of carbonyl (C=O) groups excluding carboxylic acids is 1. The number of hydrogen-bond acceptors (Lipinski definition) is 4. The van der Waals surface area contributed by atoms with Crippen molar-refractivity contribution in [3.8, 4) is 11.3 Å². The van der Waals surface area contributed by atoms with Crippen LogP contribution in [0.3, 0.4) is 0 Å². The molecular formula is C23H21N5O2.